The van der Waals surface area contributed by atoms with Gasteiger partial charge in [-0.05, 0) is 36.6 Å². The van der Waals surface area contributed by atoms with Crippen LogP contribution >= 0.6 is 0 Å². The zero-order valence-electron chi connectivity index (χ0n) is 10.1. The number of methoxy groups -OCH3 is 2. The molecule has 17 heavy (non-hydrogen) atoms. The Labute approximate surface area is 101 Å². The molecule has 0 heterocycles. The summed E-state index contributed by atoms with van der Waals surface area (Å²) >= 11 is 0. The van der Waals surface area contributed by atoms with E-state index in [4.69, 9.17) is 9.47 Å². The minimum absolute atomic E-state index is 0.222. The molecule has 1 aromatic rings. The molecule has 0 amide bonds. The average molecular weight is 232 g/mol. The second kappa shape index (κ2) is 5.04. The summed E-state index contributed by atoms with van der Waals surface area (Å²) < 4.78 is 10.3. The largest absolute Gasteiger partial charge is 0.493 e. The highest BCUT2D eigenvalue weighted by molar-refractivity contribution is 5.96. The first-order valence-electron chi connectivity index (χ1n) is 5.68. The van der Waals surface area contributed by atoms with E-state index >= 15 is 0 Å². The molecule has 0 bridgehead atoms. The molecule has 2 rings (SSSR count). The summed E-state index contributed by atoms with van der Waals surface area (Å²) in [4.78, 5) is 11.5. The highest BCUT2D eigenvalue weighted by Gasteiger charge is 2.27. The fraction of sp³-hybridized carbons (Fsp3) is 0.357. The van der Waals surface area contributed by atoms with Crippen molar-refractivity contribution in [1.29, 1.82) is 0 Å². The van der Waals surface area contributed by atoms with Gasteiger partial charge < -0.3 is 9.47 Å². The molecule has 3 nitrogen and oxygen atoms in total. The molecule has 1 aliphatic carbocycles. The summed E-state index contributed by atoms with van der Waals surface area (Å²) in [6.07, 6.45) is 5.55. The van der Waals surface area contributed by atoms with E-state index in [1.165, 1.54) is 0 Å². The number of allylic oxidation sites excluding steroid dienone is 1. The second-order valence-corrected chi connectivity index (χ2v) is 4.12. The van der Waals surface area contributed by atoms with Gasteiger partial charge >= 0.3 is 0 Å². The van der Waals surface area contributed by atoms with Crippen LogP contribution < -0.4 is 9.47 Å². The maximum Gasteiger partial charge on any atom is 0.161 e. The van der Waals surface area contributed by atoms with Crippen LogP contribution in [-0.4, -0.2) is 20.0 Å². The quantitative estimate of drug-likeness (QED) is 0.732. The van der Waals surface area contributed by atoms with Crippen molar-refractivity contribution in [2.75, 3.05) is 14.2 Å². The molecule has 0 saturated heterocycles. The molecule has 0 unspecified atom stereocenters. The van der Waals surface area contributed by atoms with E-state index in [9.17, 15) is 4.79 Å². The number of rotatable bonds is 5. The fourth-order valence-electron chi connectivity index (χ4n) is 1.64. The minimum Gasteiger partial charge on any atom is -0.493 e. The Kier molecular flexibility index (Phi) is 3.47. The van der Waals surface area contributed by atoms with Crippen LogP contribution in [0, 0.1) is 5.92 Å². The molecule has 1 fully saturated rings. The first kappa shape index (κ1) is 11.7. The summed E-state index contributed by atoms with van der Waals surface area (Å²) in [5, 5.41) is 0. The van der Waals surface area contributed by atoms with Crippen molar-refractivity contribution in [2.45, 2.75) is 12.8 Å². The third kappa shape index (κ3) is 2.87. The molecule has 1 saturated carbocycles. The van der Waals surface area contributed by atoms with Crippen molar-refractivity contribution in [2.24, 2.45) is 5.92 Å². The molecular formula is C14H16O3. The van der Waals surface area contributed by atoms with Crippen molar-refractivity contribution in [1.82, 2.24) is 0 Å². The number of hydrogen-bond acceptors (Lipinski definition) is 3. The molecule has 90 valence electrons. The maximum absolute atomic E-state index is 11.5. The highest BCUT2D eigenvalue weighted by atomic mass is 16.5. The van der Waals surface area contributed by atoms with Gasteiger partial charge in [-0.1, -0.05) is 12.1 Å². The van der Waals surface area contributed by atoms with Crippen LogP contribution in [-0.2, 0) is 4.79 Å². The highest BCUT2D eigenvalue weighted by Crippen LogP contribution is 2.31. The third-order valence-corrected chi connectivity index (χ3v) is 2.83. The minimum atomic E-state index is 0.222. The number of ketones is 1. The van der Waals surface area contributed by atoms with Gasteiger partial charge in [-0.15, -0.1) is 0 Å². The van der Waals surface area contributed by atoms with Crippen molar-refractivity contribution in [3.8, 4) is 11.5 Å². The summed E-state index contributed by atoms with van der Waals surface area (Å²) in [5.74, 6) is 1.86. The summed E-state index contributed by atoms with van der Waals surface area (Å²) in [7, 11) is 3.20. The van der Waals surface area contributed by atoms with Gasteiger partial charge in [-0.25, -0.2) is 0 Å². The normalized spacial score (nSPS) is 14.9. The van der Waals surface area contributed by atoms with Crippen LogP contribution in [0.3, 0.4) is 0 Å². The zero-order valence-corrected chi connectivity index (χ0v) is 10.1. The first-order valence-corrected chi connectivity index (χ1v) is 5.68. The fourth-order valence-corrected chi connectivity index (χ4v) is 1.64. The van der Waals surface area contributed by atoms with Crippen molar-refractivity contribution < 1.29 is 14.3 Å². The standard InChI is InChI=1S/C14H16O3/c1-16-13-8-4-10(9-14(13)17-2)3-7-12(15)11-5-6-11/h3-4,7-9,11H,5-6H2,1-2H3/b7-3+. The number of ether oxygens (including phenoxy) is 2. The molecule has 3 heteroatoms. The second-order valence-electron chi connectivity index (χ2n) is 4.12. The van der Waals surface area contributed by atoms with Gasteiger partial charge in [-0.3, -0.25) is 4.79 Å². The number of benzene rings is 1. The molecule has 0 atom stereocenters. The van der Waals surface area contributed by atoms with Gasteiger partial charge in [0.1, 0.15) is 0 Å². The number of carbonyl (C=O) groups is 1. The number of hydrogen-bond donors (Lipinski definition) is 0. The molecule has 1 aromatic carbocycles. The Morgan fingerprint density at radius 3 is 2.53 bits per heavy atom. The van der Waals surface area contributed by atoms with Crippen molar-refractivity contribution in [3.05, 3.63) is 29.8 Å². The molecular weight excluding hydrogens is 216 g/mol. The van der Waals surface area contributed by atoms with E-state index in [2.05, 4.69) is 0 Å². The van der Waals surface area contributed by atoms with Crippen LogP contribution in [0.2, 0.25) is 0 Å². The molecule has 1 aliphatic rings. The van der Waals surface area contributed by atoms with Crippen LogP contribution in [0.4, 0.5) is 0 Å². The van der Waals surface area contributed by atoms with Gasteiger partial charge in [0.25, 0.3) is 0 Å². The predicted molar refractivity (Wildman–Crippen MR) is 66.3 cm³/mol. The predicted octanol–water partition coefficient (Wildman–Crippen LogP) is 2.70. The Bertz CT molecular complexity index is 445. The summed E-state index contributed by atoms with van der Waals surface area (Å²) in [6.45, 7) is 0. The first-order chi connectivity index (χ1) is 8.24. The van der Waals surface area contributed by atoms with Crippen LogP contribution in [0.25, 0.3) is 6.08 Å². The van der Waals surface area contributed by atoms with Crippen LogP contribution in [0.5, 0.6) is 11.5 Å². The van der Waals surface area contributed by atoms with E-state index in [0.29, 0.717) is 11.5 Å². The van der Waals surface area contributed by atoms with Crippen molar-refractivity contribution in [3.63, 3.8) is 0 Å². The Morgan fingerprint density at radius 2 is 1.94 bits per heavy atom. The van der Waals surface area contributed by atoms with Gasteiger partial charge in [0.2, 0.25) is 0 Å². The van der Waals surface area contributed by atoms with E-state index in [-0.39, 0.29) is 11.7 Å². The van der Waals surface area contributed by atoms with E-state index < -0.39 is 0 Å². The molecule has 0 spiro atoms. The smallest absolute Gasteiger partial charge is 0.161 e. The van der Waals surface area contributed by atoms with E-state index in [1.54, 1.807) is 20.3 Å². The monoisotopic (exact) mass is 232 g/mol. The van der Waals surface area contributed by atoms with Gasteiger partial charge in [0.05, 0.1) is 14.2 Å². The van der Waals surface area contributed by atoms with Crippen LogP contribution in [0.15, 0.2) is 24.3 Å². The Morgan fingerprint density at radius 1 is 1.24 bits per heavy atom. The summed E-state index contributed by atoms with van der Waals surface area (Å²) in [5.41, 5.74) is 0.941. The van der Waals surface area contributed by atoms with Gasteiger partial charge in [0.15, 0.2) is 17.3 Å². The molecule has 0 N–H and O–H groups in total. The lowest BCUT2D eigenvalue weighted by atomic mass is 10.1. The Balaban J connectivity index is 2.12. The SMILES string of the molecule is COc1ccc(/C=C/C(=O)C2CC2)cc1OC. The zero-order chi connectivity index (χ0) is 12.3. The molecule has 0 aliphatic heterocycles. The topological polar surface area (TPSA) is 35.5 Å². The third-order valence-electron chi connectivity index (χ3n) is 2.83. The van der Waals surface area contributed by atoms with Gasteiger partial charge in [0, 0.05) is 5.92 Å². The van der Waals surface area contributed by atoms with Crippen molar-refractivity contribution >= 4 is 11.9 Å². The average Bonchev–Trinajstić information content (AvgIpc) is 3.19. The lowest BCUT2D eigenvalue weighted by molar-refractivity contribution is -0.115. The van der Waals surface area contributed by atoms with E-state index in [0.717, 1.165) is 18.4 Å². The lowest BCUT2D eigenvalue weighted by Gasteiger charge is -2.07. The van der Waals surface area contributed by atoms with Crippen LogP contribution in [0.1, 0.15) is 18.4 Å². The molecule has 0 radical (unpaired) electrons. The lowest BCUT2D eigenvalue weighted by Crippen LogP contribution is -1.94. The van der Waals surface area contributed by atoms with E-state index in [1.807, 2.05) is 24.3 Å². The maximum atomic E-state index is 11.5. The molecule has 0 aromatic heterocycles. The summed E-state index contributed by atoms with van der Waals surface area (Å²) in [6, 6.07) is 5.59. The Hall–Kier alpha value is -1.77. The van der Waals surface area contributed by atoms with Gasteiger partial charge in [-0.2, -0.15) is 0 Å². The number of carbonyl (C=O) groups excluding carboxylic acids is 1.